The number of fused-ring (bicyclic) bond motifs is 2. The van der Waals surface area contributed by atoms with E-state index in [0.29, 0.717) is 12.8 Å². The van der Waals surface area contributed by atoms with Gasteiger partial charge in [-0.2, -0.15) is 0 Å². The van der Waals surface area contributed by atoms with Crippen LogP contribution < -0.4 is 9.80 Å². The summed E-state index contributed by atoms with van der Waals surface area (Å²) >= 11 is 1.59. The molecule has 8 heteroatoms. The lowest BCUT2D eigenvalue weighted by molar-refractivity contribution is -0.140. The standard InChI is InChI=1S/C34H44FN3O3S/c1-3-28(8-6-4-5-7-9-34(40)41-2)38-30-22-25(10-11-26(30)12-13-33(38)39)14-16-36-17-19-37(20-18-36)31-23-27(35)24-32-29(31)15-21-42-32/h10-11,15,21-24,28H,3-9,12-14,16-20H2,1-2H3. The molecule has 1 aromatic heterocycles. The maximum atomic E-state index is 14.2. The van der Waals surface area contributed by atoms with Crippen LogP contribution in [0.1, 0.15) is 69.4 Å². The fraction of sp³-hybridized carbons (Fsp3) is 0.529. The van der Waals surface area contributed by atoms with Crippen LogP contribution in [-0.2, 0) is 27.2 Å². The van der Waals surface area contributed by atoms with Gasteiger partial charge in [0, 0.05) is 73.1 Å². The van der Waals surface area contributed by atoms with E-state index in [1.165, 1.54) is 18.2 Å². The van der Waals surface area contributed by atoms with Crippen molar-refractivity contribution in [2.45, 2.75) is 77.2 Å². The number of hydrogen-bond donors (Lipinski definition) is 0. The molecule has 6 nitrogen and oxygen atoms in total. The van der Waals surface area contributed by atoms with E-state index in [1.54, 1.807) is 23.5 Å². The van der Waals surface area contributed by atoms with Gasteiger partial charge in [-0.1, -0.05) is 38.3 Å². The molecule has 42 heavy (non-hydrogen) atoms. The molecule has 1 atom stereocenters. The van der Waals surface area contributed by atoms with Crippen LogP contribution in [0.5, 0.6) is 0 Å². The van der Waals surface area contributed by atoms with Crippen LogP contribution in [0.3, 0.4) is 0 Å². The minimum absolute atomic E-state index is 0.140. The average Bonchev–Trinajstić information content (AvgIpc) is 3.48. The highest BCUT2D eigenvalue weighted by molar-refractivity contribution is 7.17. The molecule has 1 unspecified atom stereocenters. The number of ether oxygens (including phenoxy) is 1. The number of benzene rings is 2. The molecule has 0 saturated carbocycles. The Hall–Kier alpha value is -2.97. The molecule has 5 rings (SSSR count). The number of piperazine rings is 1. The molecule has 0 radical (unpaired) electrons. The zero-order chi connectivity index (χ0) is 29.5. The number of esters is 1. The van der Waals surface area contributed by atoms with Crippen LogP contribution in [-0.4, -0.2) is 62.7 Å². The largest absolute Gasteiger partial charge is 0.469 e. The number of methoxy groups -OCH3 is 1. The molecule has 226 valence electrons. The number of halogens is 1. The Kier molecular flexibility index (Phi) is 10.5. The molecule has 0 aliphatic carbocycles. The summed E-state index contributed by atoms with van der Waals surface area (Å²) in [6.45, 7) is 6.84. The first-order valence-electron chi connectivity index (χ1n) is 15.6. The van der Waals surface area contributed by atoms with E-state index in [-0.39, 0.29) is 23.7 Å². The van der Waals surface area contributed by atoms with Gasteiger partial charge in [-0.25, -0.2) is 4.39 Å². The van der Waals surface area contributed by atoms with Crippen molar-refractivity contribution in [2.24, 2.45) is 0 Å². The van der Waals surface area contributed by atoms with Crippen molar-refractivity contribution in [3.05, 3.63) is 58.7 Å². The topological polar surface area (TPSA) is 53.1 Å². The van der Waals surface area contributed by atoms with Gasteiger partial charge in [-0.15, -0.1) is 11.3 Å². The summed E-state index contributed by atoms with van der Waals surface area (Å²) in [6.07, 6.45) is 8.72. The van der Waals surface area contributed by atoms with Gasteiger partial charge in [0.05, 0.1) is 7.11 Å². The van der Waals surface area contributed by atoms with Gasteiger partial charge in [0.1, 0.15) is 5.82 Å². The van der Waals surface area contributed by atoms with Gasteiger partial charge in [-0.3, -0.25) is 14.5 Å². The van der Waals surface area contributed by atoms with E-state index in [4.69, 9.17) is 4.74 Å². The first-order chi connectivity index (χ1) is 20.5. The number of carbonyl (C=O) groups excluding carboxylic acids is 2. The van der Waals surface area contributed by atoms with Crippen LogP contribution in [0.25, 0.3) is 10.1 Å². The molecule has 1 saturated heterocycles. The zero-order valence-electron chi connectivity index (χ0n) is 25.1. The Morgan fingerprint density at radius 2 is 1.81 bits per heavy atom. The molecule has 2 aromatic carbocycles. The lowest BCUT2D eigenvalue weighted by Crippen LogP contribution is -2.47. The molecule has 3 aromatic rings. The molecule has 0 spiro atoms. The van der Waals surface area contributed by atoms with E-state index in [2.05, 4.69) is 45.9 Å². The first kappa shape index (κ1) is 30.5. The average molecular weight is 594 g/mol. The summed E-state index contributed by atoms with van der Waals surface area (Å²) in [4.78, 5) is 31.5. The Labute approximate surface area is 253 Å². The van der Waals surface area contributed by atoms with Gasteiger partial charge in [0.15, 0.2) is 0 Å². The highest BCUT2D eigenvalue weighted by Crippen LogP contribution is 2.34. The Bertz CT molecular complexity index is 1370. The Morgan fingerprint density at radius 1 is 1.00 bits per heavy atom. The molecule has 0 bridgehead atoms. The third-order valence-corrected chi connectivity index (χ3v) is 9.83. The summed E-state index contributed by atoms with van der Waals surface area (Å²) in [5, 5.41) is 3.18. The molecule has 2 aliphatic heterocycles. The first-order valence-corrected chi connectivity index (χ1v) is 16.5. The van der Waals surface area contributed by atoms with Crippen molar-refractivity contribution in [1.29, 1.82) is 0 Å². The molecule has 0 N–H and O–H groups in total. The van der Waals surface area contributed by atoms with Crippen LogP contribution in [0.15, 0.2) is 41.8 Å². The van der Waals surface area contributed by atoms with Gasteiger partial charge < -0.3 is 14.5 Å². The van der Waals surface area contributed by atoms with Crippen LogP contribution in [0, 0.1) is 5.82 Å². The van der Waals surface area contributed by atoms with Gasteiger partial charge in [0.2, 0.25) is 5.91 Å². The minimum Gasteiger partial charge on any atom is -0.469 e. The summed E-state index contributed by atoms with van der Waals surface area (Å²) < 4.78 is 20.0. The second kappa shape index (κ2) is 14.5. The van der Waals surface area contributed by atoms with Crippen molar-refractivity contribution in [3.63, 3.8) is 0 Å². The molecule has 1 fully saturated rings. The maximum absolute atomic E-state index is 14.2. The fourth-order valence-corrected chi connectivity index (χ4v) is 7.33. The van der Waals surface area contributed by atoms with Gasteiger partial charge in [0.25, 0.3) is 0 Å². The normalized spacial score (nSPS) is 16.6. The SMILES string of the molecule is CCC(CCCCCCC(=O)OC)N1C(=O)CCc2ccc(CCN3CCN(c4cc(F)cc5sccc45)CC3)cc21. The number of nitrogens with zero attached hydrogens (tertiary/aromatic N) is 3. The Balaban J connectivity index is 1.15. The van der Waals surface area contributed by atoms with E-state index < -0.39 is 0 Å². The number of aryl methyl sites for hydroxylation is 1. The number of amides is 1. The molecule has 1 amide bonds. The number of thiophene rings is 1. The van der Waals surface area contributed by atoms with Crippen molar-refractivity contribution < 1.29 is 18.7 Å². The number of carbonyl (C=O) groups is 2. The van der Waals surface area contributed by atoms with Crippen molar-refractivity contribution in [2.75, 3.05) is 49.6 Å². The summed E-state index contributed by atoms with van der Waals surface area (Å²) in [5.74, 6) is -0.0627. The van der Waals surface area contributed by atoms with Crippen molar-refractivity contribution >= 4 is 44.7 Å². The molecule has 2 aliphatic rings. The van der Waals surface area contributed by atoms with Crippen LogP contribution >= 0.6 is 11.3 Å². The predicted molar refractivity (Wildman–Crippen MR) is 170 cm³/mol. The summed E-state index contributed by atoms with van der Waals surface area (Å²) in [6, 6.07) is 12.4. The van der Waals surface area contributed by atoms with E-state index >= 15 is 0 Å². The smallest absolute Gasteiger partial charge is 0.305 e. The quantitative estimate of drug-likeness (QED) is 0.158. The summed E-state index contributed by atoms with van der Waals surface area (Å²) in [7, 11) is 1.44. The fourth-order valence-electron chi connectivity index (χ4n) is 6.50. The molecular weight excluding hydrogens is 549 g/mol. The number of hydrogen-bond acceptors (Lipinski definition) is 6. The third kappa shape index (κ3) is 7.32. The van der Waals surface area contributed by atoms with E-state index in [9.17, 15) is 14.0 Å². The minimum atomic E-state index is -0.164. The second-order valence-electron chi connectivity index (χ2n) is 11.7. The van der Waals surface area contributed by atoms with Crippen LogP contribution in [0.2, 0.25) is 0 Å². The predicted octanol–water partition coefficient (Wildman–Crippen LogP) is 6.98. The highest BCUT2D eigenvalue weighted by Gasteiger charge is 2.29. The molecule has 3 heterocycles. The highest BCUT2D eigenvalue weighted by atomic mass is 32.1. The maximum Gasteiger partial charge on any atom is 0.305 e. The van der Waals surface area contributed by atoms with Gasteiger partial charge >= 0.3 is 5.97 Å². The van der Waals surface area contributed by atoms with Crippen molar-refractivity contribution in [3.8, 4) is 0 Å². The van der Waals surface area contributed by atoms with Crippen LogP contribution in [0.4, 0.5) is 15.8 Å². The lowest BCUT2D eigenvalue weighted by Gasteiger charge is -2.37. The number of rotatable bonds is 13. The zero-order valence-corrected chi connectivity index (χ0v) is 25.9. The number of unbranched alkanes of at least 4 members (excludes halogenated alkanes) is 3. The van der Waals surface area contributed by atoms with E-state index in [1.807, 2.05) is 5.38 Å². The Morgan fingerprint density at radius 3 is 2.60 bits per heavy atom. The molecular formula is C34H44FN3O3S. The van der Waals surface area contributed by atoms with E-state index in [0.717, 1.165) is 106 Å². The third-order valence-electron chi connectivity index (χ3n) is 8.96. The summed E-state index contributed by atoms with van der Waals surface area (Å²) in [5.41, 5.74) is 4.67. The number of anilines is 2. The van der Waals surface area contributed by atoms with Gasteiger partial charge in [-0.05, 0) is 72.9 Å². The second-order valence-corrected chi connectivity index (χ2v) is 12.6. The van der Waals surface area contributed by atoms with Crippen molar-refractivity contribution in [1.82, 2.24) is 4.90 Å². The lowest BCUT2D eigenvalue weighted by atomic mass is 9.94. The monoisotopic (exact) mass is 593 g/mol.